The van der Waals surface area contributed by atoms with Gasteiger partial charge in [-0.05, 0) is 43.3 Å². The fourth-order valence-electron chi connectivity index (χ4n) is 2.84. The smallest absolute Gasteiger partial charge is 0.333 e. The molecule has 156 valence electrons. The second-order valence-corrected chi connectivity index (χ2v) is 7.20. The van der Waals surface area contributed by atoms with Crippen LogP contribution in [0.3, 0.4) is 0 Å². The van der Waals surface area contributed by atoms with Crippen molar-refractivity contribution in [2.75, 3.05) is 27.3 Å². The number of barbiturate groups is 1. The lowest BCUT2D eigenvalue weighted by molar-refractivity contribution is -0.134. The Labute approximate surface area is 179 Å². The van der Waals surface area contributed by atoms with Gasteiger partial charge in [-0.3, -0.25) is 19.4 Å². The maximum Gasteiger partial charge on any atom is 0.333 e. The SMILES string of the molecule is Cc1ccc(OCCOc2ccc(Cl)cc2C=C2C(=O)N(C)C(=O)N(C)C2=O)cc1. The fourth-order valence-corrected chi connectivity index (χ4v) is 3.02. The first kappa shape index (κ1) is 21.4. The van der Waals surface area contributed by atoms with Crippen LogP contribution in [0.2, 0.25) is 5.02 Å². The first-order chi connectivity index (χ1) is 14.3. The molecule has 0 spiro atoms. The average molecular weight is 429 g/mol. The summed E-state index contributed by atoms with van der Waals surface area (Å²) in [6, 6.07) is 11.9. The van der Waals surface area contributed by atoms with Crippen molar-refractivity contribution >= 4 is 35.5 Å². The number of halogens is 1. The van der Waals surface area contributed by atoms with Gasteiger partial charge in [-0.2, -0.15) is 0 Å². The van der Waals surface area contributed by atoms with Gasteiger partial charge in [0.25, 0.3) is 11.8 Å². The highest BCUT2D eigenvalue weighted by Crippen LogP contribution is 2.27. The normalized spacial score (nSPS) is 14.3. The van der Waals surface area contributed by atoms with Crippen LogP contribution in [0.4, 0.5) is 4.79 Å². The molecule has 1 aliphatic heterocycles. The lowest BCUT2D eigenvalue weighted by Gasteiger charge is -2.29. The Morgan fingerprint density at radius 3 is 2.13 bits per heavy atom. The van der Waals surface area contributed by atoms with Crippen molar-refractivity contribution in [2.24, 2.45) is 0 Å². The van der Waals surface area contributed by atoms with Crippen LogP contribution in [0.1, 0.15) is 11.1 Å². The van der Waals surface area contributed by atoms with Gasteiger partial charge in [0.1, 0.15) is 30.3 Å². The number of imide groups is 2. The Kier molecular flexibility index (Phi) is 6.42. The third kappa shape index (κ3) is 4.63. The molecule has 2 aromatic rings. The molecule has 1 heterocycles. The highest BCUT2D eigenvalue weighted by Gasteiger charge is 2.37. The van der Waals surface area contributed by atoms with Crippen LogP contribution < -0.4 is 9.47 Å². The van der Waals surface area contributed by atoms with Crippen LogP contribution in [0.5, 0.6) is 11.5 Å². The minimum atomic E-state index is -0.684. The number of likely N-dealkylation sites (N-methyl/N-ethyl adjacent to an activating group) is 2. The molecular formula is C22H21ClN2O5. The summed E-state index contributed by atoms with van der Waals surface area (Å²) in [4.78, 5) is 38.5. The van der Waals surface area contributed by atoms with E-state index in [1.54, 1.807) is 18.2 Å². The zero-order valence-electron chi connectivity index (χ0n) is 16.8. The monoisotopic (exact) mass is 428 g/mol. The number of ether oxygens (including phenoxy) is 2. The van der Waals surface area contributed by atoms with Crippen LogP contribution in [0.25, 0.3) is 6.08 Å². The number of rotatable bonds is 6. The minimum Gasteiger partial charge on any atom is -0.490 e. The molecule has 4 amide bonds. The number of benzene rings is 2. The zero-order chi connectivity index (χ0) is 21.8. The van der Waals surface area contributed by atoms with E-state index in [4.69, 9.17) is 21.1 Å². The van der Waals surface area contributed by atoms with E-state index < -0.39 is 17.8 Å². The molecule has 1 fully saturated rings. The zero-order valence-corrected chi connectivity index (χ0v) is 17.6. The lowest BCUT2D eigenvalue weighted by Crippen LogP contribution is -2.52. The Morgan fingerprint density at radius 1 is 0.900 bits per heavy atom. The minimum absolute atomic E-state index is 0.150. The highest BCUT2D eigenvalue weighted by molar-refractivity contribution is 6.32. The van der Waals surface area contributed by atoms with Crippen LogP contribution in [0.15, 0.2) is 48.0 Å². The molecule has 0 radical (unpaired) electrons. The number of nitrogens with zero attached hydrogens (tertiary/aromatic N) is 2. The number of carbonyl (C=O) groups is 3. The van der Waals surface area contributed by atoms with Gasteiger partial charge in [0, 0.05) is 24.7 Å². The summed E-state index contributed by atoms with van der Waals surface area (Å²) in [7, 11) is 2.64. The highest BCUT2D eigenvalue weighted by atomic mass is 35.5. The van der Waals surface area contributed by atoms with Crippen molar-refractivity contribution in [2.45, 2.75) is 6.92 Å². The summed E-state index contributed by atoms with van der Waals surface area (Å²) in [6.45, 7) is 2.54. The first-order valence-electron chi connectivity index (χ1n) is 9.21. The van der Waals surface area contributed by atoms with Crippen molar-refractivity contribution in [3.8, 4) is 11.5 Å². The molecule has 0 unspecified atom stereocenters. The summed E-state index contributed by atoms with van der Waals surface area (Å²) < 4.78 is 11.4. The summed E-state index contributed by atoms with van der Waals surface area (Å²) in [5.41, 5.74) is 1.44. The van der Waals surface area contributed by atoms with E-state index in [0.717, 1.165) is 21.1 Å². The summed E-state index contributed by atoms with van der Waals surface area (Å²) in [5.74, 6) is -0.201. The number of carbonyl (C=O) groups excluding carboxylic acids is 3. The van der Waals surface area contributed by atoms with Crippen LogP contribution >= 0.6 is 11.6 Å². The second kappa shape index (κ2) is 9.00. The van der Waals surface area contributed by atoms with Gasteiger partial charge >= 0.3 is 6.03 Å². The molecule has 0 aromatic heterocycles. The number of amides is 4. The van der Waals surface area contributed by atoms with Gasteiger partial charge in [-0.25, -0.2) is 4.79 Å². The Bertz CT molecular complexity index is 991. The van der Waals surface area contributed by atoms with E-state index in [1.165, 1.54) is 20.2 Å². The van der Waals surface area contributed by atoms with Crippen molar-refractivity contribution in [3.05, 3.63) is 64.2 Å². The largest absolute Gasteiger partial charge is 0.490 e. The quantitative estimate of drug-likeness (QED) is 0.399. The van der Waals surface area contributed by atoms with Gasteiger partial charge < -0.3 is 9.47 Å². The van der Waals surface area contributed by atoms with E-state index in [9.17, 15) is 14.4 Å². The average Bonchev–Trinajstić information content (AvgIpc) is 2.74. The molecule has 30 heavy (non-hydrogen) atoms. The third-order valence-corrected chi connectivity index (χ3v) is 4.78. The molecule has 0 atom stereocenters. The van der Waals surface area contributed by atoms with E-state index >= 15 is 0 Å². The standard InChI is InChI=1S/C22H21ClN2O5/c1-14-4-7-17(8-5-14)29-10-11-30-19-9-6-16(23)12-15(19)13-18-20(26)24(2)22(28)25(3)21(18)27/h4-9,12-13H,10-11H2,1-3H3. The second-order valence-electron chi connectivity index (χ2n) is 6.76. The Morgan fingerprint density at radius 2 is 1.50 bits per heavy atom. The van der Waals surface area contributed by atoms with Gasteiger partial charge in [-0.1, -0.05) is 29.3 Å². The molecule has 0 saturated carbocycles. The van der Waals surface area contributed by atoms with Crippen LogP contribution in [0, 0.1) is 6.92 Å². The van der Waals surface area contributed by atoms with Gasteiger partial charge in [0.2, 0.25) is 0 Å². The van der Waals surface area contributed by atoms with Gasteiger partial charge in [-0.15, -0.1) is 0 Å². The fraction of sp³-hybridized carbons (Fsp3) is 0.227. The molecule has 3 rings (SSSR count). The Balaban J connectivity index is 1.75. The van der Waals surface area contributed by atoms with E-state index in [1.807, 2.05) is 31.2 Å². The Hall–Kier alpha value is -3.32. The molecule has 8 heteroatoms. The molecule has 1 aliphatic rings. The molecule has 7 nitrogen and oxygen atoms in total. The predicted molar refractivity (Wildman–Crippen MR) is 113 cm³/mol. The van der Waals surface area contributed by atoms with Crippen molar-refractivity contribution < 1.29 is 23.9 Å². The molecule has 0 aliphatic carbocycles. The van der Waals surface area contributed by atoms with E-state index in [2.05, 4.69) is 0 Å². The van der Waals surface area contributed by atoms with Crippen molar-refractivity contribution in [1.82, 2.24) is 9.80 Å². The third-order valence-electron chi connectivity index (χ3n) is 4.55. The molecule has 0 bridgehead atoms. The number of hydrogen-bond acceptors (Lipinski definition) is 5. The molecule has 2 aromatic carbocycles. The maximum atomic E-state index is 12.4. The summed E-state index contributed by atoms with van der Waals surface area (Å²) in [5, 5.41) is 0.415. The van der Waals surface area contributed by atoms with Crippen molar-refractivity contribution in [3.63, 3.8) is 0 Å². The first-order valence-corrected chi connectivity index (χ1v) is 9.59. The van der Waals surface area contributed by atoms with Gasteiger partial charge in [0.15, 0.2) is 0 Å². The summed E-state index contributed by atoms with van der Waals surface area (Å²) >= 11 is 6.09. The predicted octanol–water partition coefficient (Wildman–Crippen LogP) is 3.54. The van der Waals surface area contributed by atoms with Crippen molar-refractivity contribution in [1.29, 1.82) is 0 Å². The van der Waals surface area contributed by atoms with Crippen LogP contribution in [-0.4, -0.2) is 55.0 Å². The topological polar surface area (TPSA) is 76.2 Å². The molecule has 0 N–H and O–H groups in total. The van der Waals surface area contributed by atoms with E-state index in [0.29, 0.717) is 22.9 Å². The molecule has 1 saturated heterocycles. The number of aryl methyl sites for hydroxylation is 1. The van der Waals surface area contributed by atoms with E-state index in [-0.39, 0.29) is 12.2 Å². The van der Waals surface area contributed by atoms with Crippen LogP contribution in [-0.2, 0) is 9.59 Å². The number of urea groups is 1. The lowest BCUT2D eigenvalue weighted by atomic mass is 10.1. The molecular weight excluding hydrogens is 408 g/mol. The maximum absolute atomic E-state index is 12.4. The number of hydrogen-bond donors (Lipinski definition) is 0. The summed E-state index contributed by atoms with van der Waals surface area (Å²) in [6.07, 6.45) is 1.38. The van der Waals surface area contributed by atoms with Gasteiger partial charge in [0.05, 0.1) is 0 Å².